The summed E-state index contributed by atoms with van der Waals surface area (Å²) in [6, 6.07) is 0. The van der Waals surface area contributed by atoms with E-state index in [0.717, 1.165) is 19.3 Å². The fourth-order valence-electron chi connectivity index (χ4n) is 1.92. The van der Waals surface area contributed by atoms with Gasteiger partial charge >= 0.3 is 5.97 Å². The molecule has 0 spiro atoms. The average Bonchev–Trinajstić information content (AvgIpc) is 2.39. The highest BCUT2D eigenvalue weighted by molar-refractivity contribution is 5.72. The summed E-state index contributed by atoms with van der Waals surface area (Å²) in [4.78, 5) is 12.1. The van der Waals surface area contributed by atoms with Gasteiger partial charge in [0.05, 0.1) is 25.7 Å². The van der Waals surface area contributed by atoms with E-state index in [1.807, 2.05) is 13.8 Å². The molecular formula is C16H32O4. The zero-order valence-corrected chi connectivity index (χ0v) is 13.7. The van der Waals surface area contributed by atoms with Crippen molar-refractivity contribution < 1.29 is 19.7 Å². The SMILES string of the molecule is CCC(C)(C)CCC(C(=O)OCC(CO)CO)C(C)C. The van der Waals surface area contributed by atoms with E-state index in [-0.39, 0.29) is 49.0 Å². The van der Waals surface area contributed by atoms with Gasteiger partial charge in [0, 0.05) is 5.92 Å². The maximum Gasteiger partial charge on any atom is 0.309 e. The Kier molecular flexibility index (Phi) is 9.06. The van der Waals surface area contributed by atoms with Gasteiger partial charge in [-0.05, 0) is 24.2 Å². The normalized spacial score (nSPS) is 13.8. The van der Waals surface area contributed by atoms with Gasteiger partial charge in [0.2, 0.25) is 0 Å². The molecule has 0 saturated heterocycles. The van der Waals surface area contributed by atoms with Crippen molar-refractivity contribution in [3.05, 3.63) is 0 Å². The molecule has 4 heteroatoms. The van der Waals surface area contributed by atoms with Gasteiger partial charge in [0.1, 0.15) is 0 Å². The minimum absolute atomic E-state index is 0.0895. The maximum absolute atomic E-state index is 12.1. The Bertz CT molecular complexity index is 270. The van der Waals surface area contributed by atoms with E-state index >= 15 is 0 Å². The van der Waals surface area contributed by atoms with Gasteiger partial charge in [-0.25, -0.2) is 0 Å². The first-order chi connectivity index (χ1) is 9.27. The number of esters is 1. The van der Waals surface area contributed by atoms with Crippen LogP contribution in [0.1, 0.15) is 53.9 Å². The van der Waals surface area contributed by atoms with Crippen LogP contribution in [-0.4, -0.2) is 36.0 Å². The van der Waals surface area contributed by atoms with Crippen LogP contribution in [-0.2, 0) is 9.53 Å². The minimum atomic E-state index is -0.376. The van der Waals surface area contributed by atoms with Crippen LogP contribution in [0.4, 0.5) is 0 Å². The molecule has 0 bridgehead atoms. The van der Waals surface area contributed by atoms with Crippen LogP contribution < -0.4 is 0 Å². The fourth-order valence-corrected chi connectivity index (χ4v) is 1.92. The maximum atomic E-state index is 12.1. The average molecular weight is 288 g/mol. The van der Waals surface area contributed by atoms with Crippen molar-refractivity contribution in [2.45, 2.75) is 53.9 Å². The number of hydrogen-bond donors (Lipinski definition) is 2. The smallest absolute Gasteiger partial charge is 0.309 e. The van der Waals surface area contributed by atoms with Crippen LogP contribution in [0, 0.1) is 23.2 Å². The molecule has 4 nitrogen and oxygen atoms in total. The monoisotopic (exact) mass is 288 g/mol. The van der Waals surface area contributed by atoms with Crippen LogP contribution >= 0.6 is 0 Å². The van der Waals surface area contributed by atoms with Crippen LogP contribution in [0.2, 0.25) is 0 Å². The summed E-state index contributed by atoms with van der Waals surface area (Å²) >= 11 is 0. The highest BCUT2D eigenvalue weighted by atomic mass is 16.5. The minimum Gasteiger partial charge on any atom is -0.465 e. The summed E-state index contributed by atoms with van der Waals surface area (Å²) in [6.07, 6.45) is 2.90. The number of carbonyl (C=O) groups is 1. The number of aliphatic hydroxyl groups is 2. The topological polar surface area (TPSA) is 66.8 Å². The van der Waals surface area contributed by atoms with Crippen molar-refractivity contribution in [3.63, 3.8) is 0 Å². The Hall–Kier alpha value is -0.610. The van der Waals surface area contributed by atoms with Crippen molar-refractivity contribution in [3.8, 4) is 0 Å². The van der Waals surface area contributed by atoms with Crippen LogP contribution in [0.15, 0.2) is 0 Å². The molecule has 2 N–H and O–H groups in total. The third kappa shape index (κ3) is 7.25. The first kappa shape index (κ1) is 19.4. The molecule has 0 fully saturated rings. The quantitative estimate of drug-likeness (QED) is 0.606. The van der Waals surface area contributed by atoms with E-state index in [0.29, 0.717) is 0 Å². The van der Waals surface area contributed by atoms with Crippen molar-refractivity contribution in [2.24, 2.45) is 23.2 Å². The van der Waals surface area contributed by atoms with Crippen LogP contribution in [0.3, 0.4) is 0 Å². The molecule has 20 heavy (non-hydrogen) atoms. The van der Waals surface area contributed by atoms with Crippen molar-refractivity contribution >= 4 is 5.97 Å². The van der Waals surface area contributed by atoms with Gasteiger partial charge in [0.25, 0.3) is 0 Å². The van der Waals surface area contributed by atoms with Gasteiger partial charge in [-0.15, -0.1) is 0 Å². The number of ether oxygens (including phenoxy) is 1. The van der Waals surface area contributed by atoms with Crippen LogP contribution in [0.5, 0.6) is 0 Å². The molecule has 0 heterocycles. The van der Waals surface area contributed by atoms with Crippen molar-refractivity contribution in [1.82, 2.24) is 0 Å². The number of hydrogen-bond acceptors (Lipinski definition) is 4. The molecule has 0 aliphatic rings. The lowest BCUT2D eigenvalue weighted by molar-refractivity contribution is -0.152. The molecule has 0 aliphatic carbocycles. The highest BCUT2D eigenvalue weighted by Gasteiger charge is 2.27. The summed E-state index contributed by atoms with van der Waals surface area (Å²) < 4.78 is 5.25. The van der Waals surface area contributed by atoms with Gasteiger partial charge in [0.15, 0.2) is 0 Å². The van der Waals surface area contributed by atoms with Crippen molar-refractivity contribution in [2.75, 3.05) is 19.8 Å². The summed E-state index contributed by atoms with van der Waals surface area (Å²) in [6.45, 7) is 10.4. The highest BCUT2D eigenvalue weighted by Crippen LogP contribution is 2.30. The molecule has 0 aromatic heterocycles. The van der Waals surface area contributed by atoms with Gasteiger partial charge < -0.3 is 14.9 Å². The van der Waals surface area contributed by atoms with Gasteiger partial charge in [-0.2, -0.15) is 0 Å². The largest absolute Gasteiger partial charge is 0.465 e. The molecule has 0 aliphatic heterocycles. The second kappa shape index (κ2) is 9.35. The second-order valence-corrected chi connectivity index (χ2v) is 6.77. The number of carbonyl (C=O) groups excluding carboxylic acids is 1. The first-order valence-electron chi connectivity index (χ1n) is 7.65. The third-order valence-electron chi connectivity index (χ3n) is 4.17. The number of rotatable bonds is 10. The Morgan fingerprint density at radius 2 is 1.75 bits per heavy atom. The molecule has 0 aromatic rings. The molecule has 120 valence electrons. The van der Waals surface area contributed by atoms with Gasteiger partial charge in [-0.3, -0.25) is 4.79 Å². The Morgan fingerprint density at radius 3 is 2.15 bits per heavy atom. The molecule has 1 unspecified atom stereocenters. The summed E-state index contributed by atoms with van der Waals surface area (Å²) in [7, 11) is 0. The van der Waals surface area contributed by atoms with Crippen LogP contribution in [0.25, 0.3) is 0 Å². The summed E-state index contributed by atoms with van der Waals surface area (Å²) in [5.41, 5.74) is 0.242. The van der Waals surface area contributed by atoms with Crippen molar-refractivity contribution in [1.29, 1.82) is 0 Å². The molecule has 0 rings (SSSR count). The van der Waals surface area contributed by atoms with E-state index in [1.54, 1.807) is 0 Å². The molecule has 0 aromatic carbocycles. The lowest BCUT2D eigenvalue weighted by Gasteiger charge is -2.27. The summed E-state index contributed by atoms with van der Waals surface area (Å²) in [5, 5.41) is 18.0. The fraction of sp³-hybridized carbons (Fsp3) is 0.938. The molecule has 0 saturated carbocycles. The molecule has 0 radical (unpaired) electrons. The standard InChI is InChI=1S/C16H32O4/c1-6-16(4,5)8-7-14(12(2)3)15(19)20-11-13(9-17)10-18/h12-14,17-18H,6-11H2,1-5H3. The van der Waals surface area contributed by atoms with E-state index in [1.165, 1.54) is 0 Å². The zero-order chi connectivity index (χ0) is 15.8. The Balaban J connectivity index is 4.41. The number of aliphatic hydroxyl groups excluding tert-OH is 2. The molecular weight excluding hydrogens is 256 g/mol. The second-order valence-electron chi connectivity index (χ2n) is 6.77. The Morgan fingerprint density at radius 1 is 1.20 bits per heavy atom. The van der Waals surface area contributed by atoms with E-state index in [9.17, 15) is 4.79 Å². The first-order valence-corrected chi connectivity index (χ1v) is 7.65. The third-order valence-corrected chi connectivity index (χ3v) is 4.17. The zero-order valence-electron chi connectivity index (χ0n) is 13.7. The lowest BCUT2D eigenvalue weighted by Crippen LogP contribution is -2.28. The van der Waals surface area contributed by atoms with E-state index in [2.05, 4.69) is 20.8 Å². The summed E-state index contributed by atoms with van der Waals surface area (Å²) in [5.74, 6) is -0.464. The lowest BCUT2D eigenvalue weighted by atomic mass is 9.80. The van der Waals surface area contributed by atoms with Gasteiger partial charge in [-0.1, -0.05) is 41.0 Å². The molecule has 1 atom stereocenters. The molecule has 0 amide bonds. The van der Waals surface area contributed by atoms with E-state index in [4.69, 9.17) is 14.9 Å². The van der Waals surface area contributed by atoms with E-state index < -0.39 is 0 Å². The Labute approximate surface area is 123 Å². The predicted molar refractivity (Wildman–Crippen MR) is 80.3 cm³/mol. The predicted octanol–water partition coefficient (Wildman–Crippen LogP) is 2.62.